The van der Waals surface area contributed by atoms with Gasteiger partial charge in [0.1, 0.15) is 6.04 Å². The van der Waals surface area contributed by atoms with Crippen LogP contribution in [-0.2, 0) is 4.79 Å². The molecule has 2 aromatic carbocycles. The van der Waals surface area contributed by atoms with Crippen LogP contribution in [-0.4, -0.2) is 21.1 Å². The maximum atomic E-state index is 13.5. The second-order valence-electron chi connectivity index (χ2n) is 7.67. The van der Waals surface area contributed by atoms with Crippen molar-refractivity contribution < 1.29 is 4.79 Å². The van der Waals surface area contributed by atoms with Crippen LogP contribution in [0.25, 0.3) is 16.6 Å². The van der Waals surface area contributed by atoms with E-state index in [9.17, 15) is 14.4 Å². The number of carbonyl (C=O) groups excluding carboxylic acids is 1. The molecule has 0 radical (unpaired) electrons. The van der Waals surface area contributed by atoms with E-state index in [1.165, 1.54) is 9.13 Å². The summed E-state index contributed by atoms with van der Waals surface area (Å²) in [7, 11) is 0. The average Bonchev–Trinajstić information content (AvgIpc) is 2.67. The van der Waals surface area contributed by atoms with E-state index in [2.05, 4.69) is 5.32 Å². The fourth-order valence-electron chi connectivity index (χ4n) is 3.54. The van der Waals surface area contributed by atoms with E-state index in [1.54, 1.807) is 30.3 Å². The van der Waals surface area contributed by atoms with Gasteiger partial charge in [-0.1, -0.05) is 25.1 Å². The summed E-state index contributed by atoms with van der Waals surface area (Å²) in [6.07, 6.45) is 0.424. The second-order valence-corrected chi connectivity index (χ2v) is 7.67. The lowest BCUT2D eigenvalue weighted by Gasteiger charge is -2.22. The van der Waals surface area contributed by atoms with E-state index in [-0.39, 0.29) is 17.5 Å². The molecule has 0 aliphatic rings. The molecule has 0 bridgehead atoms. The van der Waals surface area contributed by atoms with E-state index in [4.69, 9.17) is 0 Å². The van der Waals surface area contributed by atoms with Gasteiger partial charge >= 0.3 is 5.69 Å². The van der Waals surface area contributed by atoms with Crippen LogP contribution in [0, 0.1) is 13.8 Å². The minimum Gasteiger partial charge on any atom is -0.352 e. The van der Waals surface area contributed by atoms with E-state index in [0.717, 1.165) is 11.1 Å². The largest absolute Gasteiger partial charge is 0.352 e. The lowest BCUT2D eigenvalue weighted by atomic mass is 10.1. The minimum atomic E-state index is -0.715. The smallest absolute Gasteiger partial charge is 0.336 e. The number of aryl methyl sites for hydroxylation is 2. The number of aromatic nitrogens is 2. The Morgan fingerprint density at radius 2 is 1.72 bits per heavy atom. The predicted molar refractivity (Wildman–Crippen MR) is 116 cm³/mol. The molecule has 0 saturated heterocycles. The Bertz CT molecular complexity index is 1190. The van der Waals surface area contributed by atoms with Gasteiger partial charge in [-0.3, -0.25) is 14.2 Å². The van der Waals surface area contributed by atoms with Gasteiger partial charge in [-0.2, -0.15) is 0 Å². The average molecular weight is 393 g/mol. The summed E-state index contributed by atoms with van der Waals surface area (Å²) in [5.41, 5.74) is 2.13. The first-order chi connectivity index (χ1) is 13.8. The van der Waals surface area contributed by atoms with Crippen LogP contribution in [0.3, 0.4) is 0 Å². The lowest BCUT2D eigenvalue weighted by molar-refractivity contribution is -0.124. The molecule has 1 unspecified atom stereocenters. The third kappa shape index (κ3) is 3.75. The van der Waals surface area contributed by atoms with Crippen LogP contribution in [0.1, 0.15) is 44.4 Å². The molecule has 1 amide bonds. The van der Waals surface area contributed by atoms with Crippen LogP contribution in [0.15, 0.2) is 52.1 Å². The molecule has 0 spiro atoms. The first kappa shape index (κ1) is 20.6. The van der Waals surface area contributed by atoms with E-state index in [0.29, 0.717) is 23.0 Å². The van der Waals surface area contributed by atoms with Crippen LogP contribution in [0.2, 0.25) is 0 Å². The van der Waals surface area contributed by atoms with Gasteiger partial charge in [0.25, 0.3) is 5.56 Å². The zero-order valence-electron chi connectivity index (χ0n) is 17.5. The summed E-state index contributed by atoms with van der Waals surface area (Å²) in [6.45, 7) is 9.53. The maximum absolute atomic E-state index is 13.5. The normalized spacial score (nSPS) is 12.3. The van der Waals surface area contributed by atoms with Crippen molar-refractivity contribution in [2.45, 2.75) is 53.1 Å². The SMILES string of the molecule is CCC(C(=O)NC(C)C)n1c(=O)n(-c2ccc(C)c(C)c2)c(=O)c2ccccc21. The summed E-state index contributed by atoms with van der Waals surface area (Å²) in [5, 5.41) is 3.29. The molecule has 0 saturated carbocycles. The van der Waals surface area contributed by atoms with Gasteiger partial charge in [0.15, 0.2) is 0 Å². The Balaban J connectivity index is 2.38. The van der Waals surface area contributed by atoms with E-state index < -0.39 is 11.7 Å². The Hall–Kier alpha value is -3.15. The number of fused-ring (bicyclic) bond motifs is 1. The molecule has 3 aromatic rings. The number of rotatable bonds is 5. The maximum Gasteiger partial charge on any atom is 0.336 e. The molecule has 29 heavy (non-hydrogen) atoms. The van der Waals surface area contributed by atoms with Crippen molar-refractivity contribution in [1.29, 1.82) is 0 Å². The number of carbonyl (C=O) groups is 1. The highest BCUT2D eigenvalue weighted by atomic mass is 16.2. The van der Waals surface area contributed by atoms with Gasteiger partial charge in [0.2, 0.25) is 5.91 Å². The molecule has 1 N–H and O–H groups in total. The van der Waals surface area contributed by atoms with Gasteiger partial charge in [-0.25, -0.2) is 9.36 Å². The molecule has 0 aliphatic heterocycles. The highest BCUT2D eigenvalue weighted by molar-refractivity contribution is 5.84. The van der Waals surface area contributed by atoms with Gasteiger partial charge in [0.05, 0.1) is 16.6 Å². The molecule has 0 fully saturated rings. The zero-order valence-corrected chi connectivity index (χ0v) is 17.5. The standard InChI is InChI=1S/C23H27N3O3/c1-6-19(21(27)24-14(2)3)26-20-10-8-7-9-18(20)22(28)25(23(26)29)17-12-11-15(4)16(5)13-17/h7-14,19H,6H2,1-5H3,(H,24,27). The second kappa shape index (κ2) is 8.07. The first-order valence-corrected chi connectivity index (χ1v) is 9.90. The van der Waals surface area contributed by atoms with Crippen molar-refractivity contribution in [3.63, 3.8) is 0 Å². The lowest BCUT2D eigenvalue weighted by Crippen LogP contribution is -2.45. The number of para-hydroxylation sites is 1. The van der Waals surface area contributed by atoms with Crippen molar-refractivity contribution in [3.05, 3.63) is 74.4 Å². The summed E-state index contributed by atoms with van der Waals surface area (Å²) in [4.78, 5) is 39.6. The molecule has 6 heteroatoms. The number of nitrogens with one attached hydrogen (secondary N) is 1. The molecule has 6 nitrogen and oxygen atoms in total. The van der Waals surface area contributed by atoms with Crippen LogP contribution in [0.4, 0.5) is 0 Å². The van der Waals surface area contributed by atoms with Crippen LogP contribution in [0.5, 0.6) is 0 Å². The number of amides is 1. The summed E-state index contributed by atoms with van der Waals surface area (Å²) < 4.78 is 2.61. The molecule has 1 heterocycles. The van der Waals surface area contributed by atoms with Crippen LogP contribution >= 0.6 is 0 Å². The molecule has 1 aromatic heterocycles. The third-order valence-electron chi connectivity index (χ3n) is 5.18. The van der Waals surface area contributed by atoms with Gasteiger partial charge < -0.3 is 5.32 Å². The monoisotopic (exact) mass is 393 g/mol. The van der Waals surface area contributed by atoms with Gasteiger partial charge in [0, 0.05) is 6.04 Å². The van der Waals surface area contributed by atoms with Gasteiger partial charge in [-0.05, 0) is 69.5 Å². The Morgan fingerprint density at radius 3 is 2.34 bits per heavy atom. The van der Waals surface area contributed by atoms with Gasteiger partial charge in [-0.15, -0.1) is 0 Å². The summed E-state index contributed by atoms with van der Waals surface area (Å²) >= 11 is 0. The Kier molecular flexibility index (Phi) is 5.73. The topological polar surface area (TPSA) is 73.1 Å². The van der Waals surface area contributed by atoms with Crippen molar-refractivity contribution in [1.82, 2.24) is 14.5 Å². The summed E-state index contributed by atoms with van der Waals surface area (Å²) in [5.74, 6) is -0.236. The number of hydrogen-bond donors (Lipinski definition) is 1. The minimum absolute atomic E-state index is 0.0517. The molecule has 152 valence electrons. The van der Waals surface area contributed by atoms with Crippen molar-refractivity contribution in [2.75, 3.05) is 0 Å². The van der Waals surface area contributed by atoms with Crippen molar-refractivity contribution in [2.24, 2.45) is 0 Å². The number of nitrogens with zero attached hydrogens (tertiary/aromatic N) is 2. The first-order valence-electron chi connectivity index (χ1n) is 9.90. The van der Waals surface area contributed by atoms with Crippen molar-refractivity contribution in [3.8, 4) is 5.69 Å². The number of benzene rings is 2. The van der Waals surface area contributed by atoms with E-state index >= 15 is 0 Å². The Morgan fingerprint density at radius 1 is 1.03 bits per heavy atom. The molecule has 1 atom stereocenters. The number of hydrogen-bond acceptors (Lipinski definition) is 3. The fraction of sp³-hybridized carbons (Fsp3) is 0.348. The fourth-order valence-corrected chi connectivity index (χ4v) is 3.54. The molecule has 3 rings (SSSR count). The third-order valence-corrected chi connectivity index (χ3v) is 5.18. The van der Waals surface area contributed by atoms with Crippen LogP contribution < -0.4 is 16.6 Å². The molecule has 0 aliphatic carbocycles. The predicted octanol–water partition coefficient (Wildman–Crippen LogP) is 3.24. The van der Waals surface area contributed by atoms with E-state index in [1.807, 2.05) is 46.8 Å². The Labute approximate surface area is 169 Å². The quantitative estimate of drug-likeness (QED) is 0.723. The highest BCUT2D eigenvalue weighted by Gasteiger charge is 2.25. The van der Waals surface area contributed by atoms with Crippen molar-refractivity contribution >= 4 is 16.8 Å². The molecular weight excluding hydrogens is 366 g/mol. The zero-order chi connectivity index (χ0) is 21.3. The highest BCUT2D eigenvalue weighted by Crippen LogP contribution is 2.18. The molecular formula is C23H27N3O3. The summed E-state index contributed by atoms with van der Waals surface area (Å²) in [6, 6.07) is 11.7.